The van der Waals surface area contributed by atoms with Crippen LogP contribution in [0, 0.1) is 10.1 Å². The molecular formula is C15H17F3N4O4. The lowest BCUT2D eigenvalue weighted by Crippen LogP contribution is -2.45. The van der Waals surface area contributed by atoms with E-state index in [1.165, 1.54) is 12.1 Å². The van der Waals surface area contributed by atoms with E-state index in [0.29, 0.717) is 19.4 Å². The summed E-state index contributed by atoms with van der Waals surface area (Å²) in [6, 6.07) is 2.94. The van der Waals surface area contributed by atoms with E-state index in [-0.39, 0.29) is 23.4 Å². The number of benzene rings is 1. The van der Waals surface area contributed by atoms with Gasteiger partial charge in [0.05, 0.1) is 11.0 Å². The first-order valence-electron chi connectivity index (χ1n) is 7.74. The number of nitro benzene ring substituents is 1. The molecule has 1 aliphatic heterocycles. The Morgan fingerprint density at radius 1 is 1.38 bits per heavy atom. The second-order valence-corrected chi connectivity index (χ2v) is 5.93. The second kappa shape index (κ2) is 7.68. The van der Waals surface area contributed by atoms with Gasteiger partial charge in [0.2, 0.25) is 11.8 Å². The highest BCUT2D eigenvalue weighted by Gasteiger charge is 2.35. The standard InChI is InChI=1S/C15H17F3N4O4/c16-15(17,18)8-20-14(24)11-2-1-5-21(11)7-10-4-3-9(13(19)23)6-12(10)22(25)26/h3-4,6,11H,1-2,5,7-8H2,(H2,19,23)(H,20,24)/t11-/m1/s1. The van der Waals surface area contributed by atoms with Crippen LogP contribution in [0.1, 0.15) is 28.8 Å². The van der Waals surface area contributed by atoms with Gasteiger partial charge in [-0.05, 0) is 25.5 Å². The highest BCUT2D eigenvalue weighted by Crippen LogP contribution is 2.26. The number of carbonyl (C=O) groups is 2. The summed E-state index contributed by atoms with van der Waals surface area (Å²) < 4.78 is 36.8. The van der Waals surface area contributed by atoms with Crippen molar-refractivity contribution in [1.82, 2.24) is 10.2 Å². The van der Waals surface area contributed by atoms with Crippen molar-refractivity contribution in [3.63, 3.8) is 0 Å². The highest BCUT2D eigenvalue weighted by atomic mass is 19.4. The Morgan fingerprint density at radius 2 is 2.08 bits per heavy atom. The van der Waals surface area contributed by atoms with Gasteiger partial charge in [0.25, 0.3) is 5.69 Å². The van der Waals surface area contributed by atoms with Gasteiger partial charge >= 0.3 is 6.18 Å². The summed E-state index contributed by atoms with van der Waals surface area (Å²) in [5.74, 6) is -1.58. The summed E-state index contributed by atoms with van der Waals surface area (Å²) in [6.07, 6.45) is -3.57. The van der Waals surface area contributed by atoms with Crippen molar-refractivity contribution in [3.05, 3.63) is 39.4 Å². The third-order valence-corrected chi connectivity index (χ3v) is 4.07. The lowest BCUT2D eigenvalue weighted by molar-refractivity contribution is -0.385. The molecule has 2 amide bonds. The van der Waals surface area contributed by atoms with Gasteiger partial charge < -0.3 is 11.1 Å². The minimum atomic E-state index is -4.51. The van der Waals surface area contributed by atoms with Crippen LogP contribution in [0.4, 0.5) is 18.9 Å². The van der Waals surface area contributed by atoms with E-state index >= 15 is 0 Å². The normalized spacial score (nSPS) is 17.9. The number of nitrogens with zero attached hydrogens (tertiary/aromatic N) is 2. The van der Waals surface area contributed by atoms with Gasteiger partial charge in [0.15, 0.2) is 0 Å². The summed E-state index contributed by atoms with van der Waals surface area (Å²) in [5, 5.41) is 13.1. The second-order valence-electron chi connectivity index (χ2n) is 5.93. The molecule has 3 N–H and O–H groups in total. The molecule has 1 aromatic rings. The number of alkyl halides is 3. The Kier molecular flexibility index (Phi) is 5.80. The van der Waals surface area contributed by atoms with E-state index in [0.717, 1.165) is 6.07 Å². The first kappa shape index (κ1) is 19.6. The maximum Gasteiger partial charge on any atom is 0.405 e. The third-order valence-electron chi connectivity index (χ3n) is 4.07. The Balaban J connectivity index is 2.15. The molecule has 0 aromatic heterocycles. The number of rotatable bonds is 6. The predicted octanol–water partition coefficient (Wildman–Crippen LogP) is 1.34. The molecule has 26 heavy (non-hydrogen) atoms. The monoisotopic (exact) mass is 374 g/mol. The number of primary amides is 1. The summed E-state index contributed by atoms with van der Waals surface area (Å²) in [7, 11) is 0. The Labute approximate surface area is 146 Å². The molecule has 0 unspecified atom stereocenters. The van der Waals surface area contributed by atoms with Crippen LogP contribution < -0.4 is 11.1 Å². The summed E-state index contributed by atoms with van der Waals surface area (Å²) >= 11 is 0. The van der Waals surface area contributed by atoms with E-state index in [1.54, 1.807) is 4.90 Å². The van der Waals surface area contributed by atoms with Crippen molar-refractivity contribution in [2.24, 2.45) is 5.73 Å². The molecule has 0 spiro atoms. The summed E-state index contributed by atoms with van der Waals surface area (Å²) in [4.78, 5) is 35.3. The average Bonchev–Trinajstić information content (AvgIpc) is 3.00. The van der Waals surface area contributed by atoms with Gasteiger partial charge in [-0.2, -0.15) is 13.2 Å². The van der Waals surface area contributed by atoms with Gasteiger partial charge in [-0.3, -0.25) is 24.6 Å². The van der Waals surface area contributed by atoms with E-state index < -0.39 is 35.5 Å². The molecule has 1 heterocycles. The number of likely N-dealkylation sites (tertiary alicyclic amines) is 1. The number of amides is 2. The number of hydrogen-bond donors (Lipinski definition) is 2. The zero-order chi connectivity index (χ0) is 19.5. The van der Waals surface area contributed by atoms with Crippen LogP contribution in [0.5, 0.6) is 0 Å². The van der Waals surface area contributed by atoms with Gasteiger partial charge in [0.1, 0.15) is 6.54 Å². The minimum Gasteiger partial charge on any atom is -0.366 e. The molecule has 1 aromatic carbocycles. The molecule has 0 bridgehead atoms. The molecule has 0 saturated carbocycles. The lowest BCUT2D eigenvalue weighted by atomic mass is 10.1. The summed E-state index contributed by atoms with van der Waals surface area (Å²) in [5.41, 5.74) is 5.00. The van der Waals surface area contributed by atoms with Crippen molar-refractivity contribution in [2.75, 3.05) is 13.1 Å². The van der Waals surface area contributed by atoms with Crippen LogP contribution in [-0.4, -0.2) is 46.9 Å². The van der Waals surface area contributed by atoms with Crippen LogP contribution in [0.2, 0.25) is 0 Å². The smallest absolute Gasteiger partial charge is 0.366 e. The average molecular weight is 374 g/mol. The fraction of sp³-hybridized carbons (Fsp3) is 0.467. The van der Waals surface area contributed by atoms with E-state index in [4.69, 9.17) is 5.73 Å². The molecule has 11 heteroatoms. The third kappa shape index (κ3) is 4.91. The molecule has 142 valence electrons. The molecule has 1 saturated heterocycles. The largest absolute Gasteiger partial charge is 0.405 e. The van der Waals surface area contributed by atoms with Crippen LogP contribution >= 0.6 is 0 Å². The molecule has 1 fully saturated rings. The topological polar surface area (TPSA) is 119 Å². The maximum atomic E-state index is 12.3. The molecule has 0 radical (unpaired) electrons. The van der Waals surface area contributed by atoms with Crippen LogP contribution in [0.25, 0.3) is 0 Å². The van der Waals surface area contributed by atoms with Crippen molar-refractivity contribution >= 4 is 17.5 Å². The number of hydrogen-bond acceptors (Lipinski definition) is 5. The fourth-order valence-electron chi connectivity index (χ4n) is 2.86. The maximum absolute atomic E-state index is 12.3. The zero-order valence-electron chi connectivity index (χ0n) is 13.6. The first-order valence-corrected chi connectivity index (χ1v) is 7.74. The SMILES string of the molecule is NC(=O)c1ccc(CN2CCC[C@@H]2C(=O)NCC(F)(F)F)c([N+](=O)[O-])c1. The Morgan fingerprint density at radius 3 is 2.65 bits per heavy atom. The minimum absolute atomic E-state index is 0.000536. The van der Waals surface area contributed by atoms with E-state index in [9.17, 15) is 32.9 Å². The van der Waals surface area contributed by atoms with Crippen LogP contribution in [0.3, 0.4) is 0 Å². The number of nitrogens with two attached hydrogens (primary N) is 1. The van der Waals surface area contributed by atoms with Gasteiger partial charge in [-0.1, -0.05) is 6.07 Å². The lowest BCUT2D eigenvalue weighted by Gasteiger charge is -2.24. The predicted molar refractivity (Wildman–Crippen MR) is 84.1 cm³/mol. The van der Waals surface area contributed by atoms with E-state index in [2.05, 4.69) is 0 Å². The van der Waals surface area contributed by atoms with Gasteiger partial charge in [-0.25, -0.2) is 0 Å². The zero-order valence-corrected chi connectivity index (χ0v) is 13.6. The molecule has 1 atom stereocenters. The van der Waals surface area contributed by atoms with Gasteiger partial charge in [-0.15, -0.1) is 0 Å². The fourth-order valence-corrected chi connectivity index (χ4v) is 2.86. The molecule has 8 nitrogen and oxygen atoms in total. The number of carbonyl (C=O) groups excluding carboxylic acids is 2. The van der Waals surface area contributed by atoms with Crippen molar-refractivity contribution in [1.29, 1.82) is 0 Å². The van der Waals surface area contributed by atoms with Crippen molar-refractivity contribution in [3.8, 4) is 0 Å². The van der Waals surface area contributed by atoms with Crippen LogP contribution in [-0.2, 0) is 11.3 Å². The first-order chi connectivity index (χ1) is 12.1. The van der Waals surface area contributed by atoms with Crippen molar-refractivity contribution < 1.29 is 27.7 Å². The quantitative estimate of drug-likeness (QED) is 0.575. The molecule has 0 aliphatic carbocycles. The Hall–Kier alpha value is -2.69. The highest BCUT2D eigenvalue weighted by molar-refractivity contribution is 5.93. The Bertz CT molecular complexity index is 723. The number of halogens is 3. The van der Waals surface area contributed by atoms with E-state index in [1.807, 2.05) is 5.32 Å². The molecular weight excluding hydrogens is 357 g/mol. The number of nitrogens with one attached hydrogen (secondary N) is 1. The molecule has 2 rings (SSSR count). The molecule has 1 aliphatic rings. The van der Waals surface area contributed by atoms with Crippen molar-refractivity contribution in [2.45, 2.75) is 31.6 Å². The van der Waals surface area contributed by atoms with Crippen LogP contribution in [0.15, 0.2) is 18.2 Å². The number of nitro groups is 1. The summed E-state index contributed by atoms with van der Waals surface area (Å²) in [6.45, 7) is -1.01. The van der Waals surface area contributed by atoms with Gasteiger partial charge in [0, 0.05) is 23.7 Å².